The van der Waals surface area contributed by atoms with Gasteiger partial charge < -0.3 is 10.4 Å². The predicted octanol–water partition coefficient (Wildman–Crippen LogP) is 4.04. The molecule has 104 valence electrons. The monoisotopic (exact) mass is 333 g/mol. The Balaban J connectivity index is 2.20. The van der Waals surface area contributed by atoms with Gasteiger partial charge in [-0.05, 0) is 30.2 Å². The van der Waals surface area contributed by atoms with Crippen LogP contribution in [0.2, 0.25) is 0 Å². The van der Waals surface area contributed by atoms with Gasteiger partial charge in [0.2, 0.25) is 0 Å². The number of nitrogens with one attached hydrogen (secondary N) is 1. The highest BCUT2D eigenvalue weighted by atomic mass is 79.9. The van der Waals surface area contributed by atoms with E-state index in [9.17, 15) is 9.90 Å². The van der Waals surface area contributed by atoms with E-state index in [1.54, 1.807) is 12.1 Å². The van der Waals surface area contributed by atoms with Crippen molar-refractivity contribution in [3.05, 3.63) is 64.1 Å². The van der Waals surface area contributed by atoms with Gasteiger partial charge in [-0.2, -0.15) is 0 Å². The first-order valence-corrected chi connectivity index (χ1v) is 7.25. The van der Waals surface area contributed by atoms with Crippen LogP contribution in [0.15, 0.2) is 53.0 Å². The molecule has 0 aromatic heterocycles. The number of hydrogen-bond donors (Lipinski definition) is 2. The number of halogens is 1. The Morgan fingerprint density at radius 1 is 1.25 bits per heavy atom. The fourth-order valence-electron chi connectivity index (χ4n) is 2.03. The van der Waals surface area contributed by atoms with Gasteiger partial charge in [-0.1, -0.05) is 53.2 Å². The number of rotatable bonds is 4. The molecular weight excluding hydrogens is 318 g/mol. The van der Waals surface area contributed by atoms with E-state index in [0.717, 1.165) is 16.5 Å². The van der Waals surface area contributed by atoms with Crippen LogP contribution >= 0.6 is 15.9 Å². The van der Waals surface area contributed by atoms with Gasteiger partial charge in [-0.15, -0.1) is 0 Å². The fourth-order valence-corrected chi connectivity index (χ4v) is 2.39. The average molecular weight is 334 g/mol. The molecule has 2 aromatic rings. The summed E-state index contributed by atoms with van der Waals surface area (Å²) in [5, 5.41) is 12.7. The van der Waals surface area contributed by atoms with E-state index in [1.165, 1.54) is 6.07 Å². The third-order valence-corrected chi connectivity index (χ3v) is 3.61. The van der Waals surface area contributed by atoms with Gasteiger partial charge >= 0.3 is 0 Å². The van der Waals surface area contributed by atoms with E-state index in [2.05, 4.69) is 21.2 Å². The van der Waals surface area contributed by atoms with Crippen LogP contribution in [0.5, 0.6) is 5.75 Å². The zero-order valence-corrected chi connectivity index (χ0v) is 12.7. The Hall–Kier alpha value is -1.81. The smallest absolute Gasteiger partial charge is 0.255 e. The molecule has 0 aliphatic carbocycles. The van der Waals surface area contributed by atoms with Crippen LogP contribution in [0.3, 0.4) is 0 Å². The minimum Gasteiger partial charge on any atom is -0.507 e. The first kappa shape index (κ1) is 14.6. The SMILES string of the molecule is CCC(NC(=O)c1cc(Br)ccc1O)c1ccccc1. The molecule has 1 amide bonds. The Morgan fingerprint density at radius 3 is 2.60 bits per heavy atom. The number of benzene rings is 2. The number of carbonyl (C=O) groups is 1. The molecular formula is C16H16BrNO2. The molecule has 2 N–H and O–H groups in total. The lowest BCUT2D eigenvalue weighted by atomic mass is 10.0. The van der Waals surface area contributed by atoms with Gasteiger partial charge in [0, 0.05) is 4.47 Å². The molecule has 0 bridgehead atoms. The van der Waals surface area contributed by atoms with Crippen molar-refractivity contribution in [1.82, 2.24) is 5.32 Å². The van der Waals surface area contributed by atoms with Crippen LogP contribution < -0.4 is 5.32 Å². The summed E-state index contributed by atoms with van der Waals surface area (Å²) in [7, 11) is 0. The minimum absolute atomic E-state index is 0.0198. The van der Waals surface area contributed by atoms with Crippen molar-refractivity contribution >= 4 is 21.8 Å². The van der Waals surface area contributed by atoms with E-state index in [0.29, 0.717) is 0 Å². The molecule has 0 saturated heterocycles. The summed E-state index contributed by atoms with van der Waals surface area (Å²) < 4.78 is 0.758. The average Bonchev–Trinajstić information content (AvgIpc) is 2.48. The van der Waals surface area contributed by atoms with E-state index < -0.39 is 0 Å². The zero-order valence-electron chi connectivity index (χ0n) is 11.1. The van der Waals surface area contributed by atoms with Gasteiger partial charge in [-0.25, -0.2) is 0 Å². The van der Waals surface area contributed by atoms with Crippen molar-refractivity contribution in [2.24, 2.45) is 0 Å². The molecule has 4 heteroatoms. The number of amides is 1. The number of carbonyl (C=O) groups excluding carboxylic acids is 1. The summed E-state index contributed by atoms with van der Waals surface area (Å²) in [5.74, 6) is -0.298. The van der Waals surface area contributed by atoms with Crippen molar-refractivity contribution in [2.45, 2.75) is 19.4 Å². The maximum absolute atomic E-state index is 12.3. The first-order chi connectivity index (χ1) is 9.61. The lowest BCUT2D eigenvalue weighted by Gasteiger charge is -2.18. The van der Waals surface area contributed by atoms with Crippen LogP contribution in [0.4, 0.5) is 0 Å². The highest BCUT2D eigenvalue weighted by Crippen LogP contribution is 2.23. The van der Waals surface area contributed by atoms with Gasteiger partial charge in [0.1, 0.15) is 5.75 Å². The molecule has 0 saturated carbocycles. The molecule has 0 fully saturated rings. The van der Waals surface area contributed by atoms with Crippen molar-refractivity contribution in [3.63, 3.8) is 0 Å². The van der Waals surface area contributed by atoms with Gasteiger partial charge in [0.15, 0.2) is 0 Å². The predicted molar refractivity (Wildman–Crippen MR) is 82.7 cm³/mol. The van der Waals surface area contributed by atoms with Crippen molar-refractivity contribution < 1.29 is 9.90 Å². The lowest BCUT2D eigenvalue weighted by molar-refractivity contribution is 0.0933. The highest BCUT2D eigenvalue weighted by molar-refractivity contribution is 9.10. The summed E-state index contributed by atoms with van der Waals surface area (Å²) in [6, 6.07) is 14.5. The molecule has 0 aliphatic rings. The maximum Gasteiger partial charge on any atom is 0.255 e. The van der Waals surface area contributed by atoms with Crippen LogP contribution in [0, 0.1) is 0 Å². The summed E-state index contributed by atoms with van der Waals surface area (Å²) in [6.07, 6.45) is 0.782. The molecule has 20 heavy (non-hydrogen) atoms. The third-order valence-electron chi connectivity index (χ3n) is 3.12. The second kappa shape index (κ2) is 6.57. The van der Waals surface area contributed by atoms with Gasteiger partial charge in [-0.3, -0.25) is 4.79 Å². The largest absolute Gasteiger partial charge is 0.507 e. The number of aromatic hydroxyl groups is 1. The first-order valence-electron chi connectivity index (χ1n) is 6.46. The van der Waals surface area contributed by atoms with E-state index >= 15 is 0 Å². The number of hydrogen-bond acceptors (Lipinski definition) is 2. The molecule has 1 atom stereocenters. The topological polar surface area (TPSA) is 49.3 Å². The second-order valence-corrected chi connectivity index (χ2v) is 5.42. The third kappa shape index (κ3) is 3.39. The number of phenolic OH excluding ortho intramolecular Hbond substituents is 1. The molecule has 0 radical (unpaired) electrons. The summed E-state index contributed by atoms with van der Waals surface area (Å²) >= 11 is 3.30. The summed E-state index contributed by atoms with van der Waals surface area (Å²) in [4.78, 5) is 12.3. The molecule has 0 spiro atoms. The molecule has 3 nitrogen and oxygen atoms in total. The number of phenols is 1. The second-order valence-electron chi connectivity index (χ2n) is 4.51. The Kier molecular flexibility index (Phi) is 4.79. The standard InChI is InChI=1S/C16H16BrNO2/c1-2-14(11-6-4-3-5-7-11)18-16(20)13-10-12(17)8-9-15(13)19/h3-10,14,19H,2H2,1H3,(H,18,20). The van der Waals surface area contributed by atoms with Crippen LogP contribution in [0.25, 0.3) is 0 Å². The fraction of sp³-hybridized carbons (Fsp3) is 0.188. The van der Waals surface area contributed by atoms with Crippen molar-refractivity contribution in [2.75, 3.05) is 0 Å². The van der Waals surface area contributed by atoms with Crippen LogP contribution in [-0.2, 0) is 0 Å². The van der Waals surface area contributed by atoms with E-state index in [-0.39, 0.29) is 23.3 Å². The summed E-state index contributed by atoms with van der Waals surface area (Å²) in [5.41, 5.74) is 1.33. The molecule has 1 unspecified atom stereocenters. The minimum atomic E-state index is -0.278. The van der Waals surface area contributed by atoms with Gasteiger partial charge in [0.05, 0.1) is 11.6 Å². The van der Waals surface area contributed by atoms with E-state index in [4.69, 9.17) is 0 Å². The maximum atomic E-state index is 12.3. The van der Waals surface area contributed by atoms with Gasteiger partial charge in [0.25, 0.3) is 5.91 Å². The molecule has 2 aromatic carbocycles. The molecule has 0 aliphatic heterocycles. The zero-order chi connectivity index (χ0) is 14.5. The summed E-state index contributed by atoms with van der Waals surface area (Å²) in [6.45, 7) is 2.01. The van der Waals surface area contributed by atoms with Crippen molar-refractivity contribution in [1.29, 1.82) is 0 Å². The Bertz CT molecular complexity index is 599. The van der Waals surface area contributed by atoms with Crippen molar-refractivity contribution in [3.8, 4) is 5.75 Å². The Morgan fingerprint density at radius 2 is 1.95 bits per heavy atom. The van der Waals surface area contributed by atoms with Crippen LogP contribution in [0.1, 0.15) is 35.3 Å². The lowest BCUT2D eigenvalue weighted by Crippen LogP contribution is -2.28. The van der Waals surface area contributed by atoms with Crippen LogP contribution in [-0.4, -0.2) is 11.0 Å². The Labute approximate surface area is 126 Å². The highest BCUT2D eigenvalue weighted by Gasteiger charge is 2.16. The van der Waals surface area contributed by atoms with E-state index in [1.807, 2.05) is 37.3 Å². The quantitative estimate of drug-likeness (QED) is 0.887. The molecule has 2 rings (SSSR count). The molecule has 0 heterocycles. The normalized spacial score (nSPS) is 11.9.